The summed E-state index contributed by atoms with van der Waals surface area (Å²) < 4.78 is 80.6. The van der Waals surface area contributed by atoms with E-state index in [0.717, 1.165) is 74.5 Å². The van der Waals surface area contributed by atoms with Crippen LogP contribution in [0.15, 0.2) is 223 Å². The van der Waals surface area contributed by atoms with Crippen LogP contribution in [0.5, 0.6) is 11.5 Å². The van der Waals surface area contributed by atoms with Gasteiger partial charge in [-0.1, -0.05) is 116 Å². The minimum Gasteiger partial charge on any atom is -0.265 e. The van der Waals surface area contributed by atoms with E-state index in [1.165, 1.54) is 85.3 Å². The first-order chi connectivity index (χ1) is 52.6. The van der Waals surface area contributed by atoms with Crippen molar-refractivity contribution in [1.29, 1.82) is 0 Å². The zero-order chi connectivity index (χ0) is 79.9. The van der Waals surface area contributed by atoms with Gasteiger partial charge in [-0.05, 0) is 171 Å². The summed E-state index contributed by atoms with van der Waals surface area (Å²) in [5.41, 5.74) is 3.00. The molecule has 4 atom stereocenters. The van der Waals surface area contributed by atoms with Crippen LogP contribution in [0.4, 0.5) is 32.3 Å². The van der Waals surface area contributed by atoms with Gasteiger partial charge in [-0.15, -0.1) is 34.6 Å². The quantitative estimate of drug-likeness (QED) is 0.0246. The fourth-order valence-corrected chi connectivity index (χ4v) is 13.0. The van der Waals surface area contributed by atoms with Crippen molar-refractivity contribution in [3.63, 3.8) is 0 Å². The third-order valence-electron chi connectivity index (χ3n) is 16.5. The van der Waals surface area contributed by atoms with Gasteiger partial charge in [-0.3, -0.25) is 35.2 Å². The molecular weight excluding hydrogens is 1720 g/mol. The average molecular weight is 1810 g/mol. The van der Waals surface area contributed by atoms with Gasteiger partial charge in [0.05, 0.1) is 34.4 Å². The van der Waals surface area contributed by atoms with Crippen LogP contribution in [-0.4, -0.2) is 117 Å². The van der Waals surface area contributed by atoms with Gasteiger partial charge in [0.15, 0.2) is 0 Å². The van der Waals surface area contributed by atoms with Crippen LogP contribution in [-0.2, 0) is 82.1 Å². The Morgan fingerprint density at radius 1 is 0.571 bits per heavy atom. The van der Waals surface area contributed by atoms with Gasteiger partial charge >= 0.3 is 79.0 Å². The number of nitro groups is 2. The second kappa shape index (κ2) is 46.5. The normalized spacial score (nSPS) is 15.5. The predicted molar refractivity (Wildman–Crippen MR) is 425 cm³/mol. The Balaban J connectivity index is 0.000000250. The number of pyridine rings is 3. The molecule has 0 bridgehead atoms. The first-order valence-corrected chi connectivity index (χ1v) is 41.0. The number of amides is 2. The number of nitro benzene ring substituents is 2. The van der Waals surface area contributed by atoms with E-state index in [9.17, 15) is 46.7 Å². The number of hydrogen-bond donors (Lipinski definition) is 2. The maximum Gasteiger partial charge on any atom is 0.0267 e. The average Bonchev–Trinajstić information content (AvgIpc) is 1.53. The molecule has 4 aliphatic carbocycles. The van der Waals surface area contributed by atoms with Gasteiger partial charge in [0, 0.05) is 61.5 Å². The van der Waals surface area contributed by atoms with E-state index in [4.69, 9.17) is 18.9 Å². The number of nitrogens with one attached hydrogen (secondary N) is 2. The summed E-state index contributed by atoms with van der Waals surface area (Å²) >= 11 is 6.25. The molecule has 0 saturated heterocycles. The Kier molecular flexibility index (Phi) is 39.0. The molecule has 2 amide bonds. The molecule has 6 aromatic carbocycles. The SMILES string of the molecule is CC(C)(C)OC(=O)NC[C@H]1C[C@@H]1c1c[c-]ccc1OCC1CC1.CC(C)(C)OC(=O)NC[C@H]1C[C@@H]1c1c[c-]ccc1OCC1CC1.O=[N+]([O-])c1ccccc1S(=O)(=O)[N-]c1ccccc1-c1ccccn1.O=[N+]([O-])c1ccccc1S(=O)(=O)[N-]c1ccccc1-c1ccccn1.[Ag+].[CH2-]CCN(C)C.[Ni+2].[Ni][Br].c1ccncc1. The molecule has 0 radical (unpaired) electrons. The molecule has 0 aliphatic heterocycles. The Bertz CT molecular complexity index is 4340. The molecular formula is C82H93AgBrN10Ni2O14S2-2. The molecule has 24 nitrogen and oxygen atoms in total. The number of benzene rings is 6. The molecule has 4 aliphatic rings. The van der Waals surface area contributed by atoms with Crippen LogP contribution in [0.1, 0.15) is 109 Å². The van der Waals surface area contributed by atoms with Crippen LogP contribution >= 0.6 is 14.2 Å². The zero-order valence-electron chi connectivity index (χ0n) is 63.3. The maximum absolute atomic E-state index is 12.6. The summed E-state index contributed by atoms with van der Waals surface area (Å²) in [5, 5.41) is 27.9. The number of para-hydroxylation sites is 2. The smallest absolute Gasteiger partial charge is 0.0267 e. The number of ether oxygens (including phenoxy) is 4. The number of sulfonamides is 2. The number of carbonyl (C=O) groups is 2. The summed E-state index contributed by atoms with van der Waals surface area (Å²) in [6, 6.07) is 57.8. The summed E-state index contributed by atoms with van der Waals surface area (Å²) in [5.74, 6) is 5.30. The molecule has 3 aromatic heterocycles. The van der Waals surface area contributed by atoms with Gasteiger partial charge in [0.25, 0.3) is 11.4 Å². The van der Waals surface area contributed by atoms with Gasteiger partial charge < -0.3 is 50.8 Å². The number of hydrogen-bond acceptors (Lipinski definition) is 18. The third kappa shape index (κ3) is 32.8. The van der Waals surface area contributed by atoms with Crippen molar-refractivity contribution in [3.05, 3.63) is 273 Å². The Hall–Kier alpha value is -8.62. The summed E-state index contributed by atoms with van der Waals surface area (Å²) in [6.45, 7) is 19.0. The van der Waals surface area contributed by atoms with E-state index >= 15 is 0 Å². The molecule has 13 rings (SSSR count). The molecule has 4 saturated carbocycles. The molecule has 4 fully saturated rings. The van der Waals surface area contributed by atoms with E-state index in [2.05, 4.69) is 86.9 Å². The molecule has 9 aromatic rings. The van der Waals surface area contributed by atoms with Crippen molar-refractivity contribution in [2.45, 2.75) is 119 Å². The number of carbonyl (C=O) groups excluding carboxylic acids is 2. The van der Waals surface area contributed by atoms with E-state index in [1.807, 2.05) is 110 Å². The van der Waals surface area contributed by atoms with Gasteiger partial charge in [-0.2, -0.15) is 42.8 Å². The molecule has 0 unspecified atom stereocenters. The number of alkyl carbamates (subject to hydrolysis) is 2. The largest absolute Gasteiger partial charge is 0.265 e. The van der Waals surface area contributed by atoms with Crippen LogP contribution in [0.2, 0.25) is 0 Å². The number of halogens is 1. The zero-order valence-corrected chi connectivity index (χ0v) is 70.0. The summed E-state index contributed by atoms with van der Waals surface area (Å²) in [6.07, 6.45) is 14.3. The van der Waals surface area contributed by atoms with Crippen molar-refractivity contribution in [3.8, 4) is 34.0 Å². The van der Waals surface area contributed by atoms with Crippen molar-refractivity contribution >= 4 is 69.2 Å². The monoisotopic (exact) mass is 1810 g/mol. The molecule has 112 heavy (non-hydrogen) atoms. The molecule has 3 heterocycles. The minimum atomic E-state index is -4.26. The molecule has 607 valence electrons. The predicted octanol–water partition coefficient (Wildman–Crippen LogP) is 18.6. The molecule has 30 heteroatoms. The standard InChI is InChI=1S/2C19H26NO3.2C17H12N3O4S.C5H5N.C5H12N.Ag.BrH.2Ni/c2*1-19(2,3)23-18(21)20-11-14-10-16(14)15-6-4-5-7-17(15)22-12-13-8-9-13;2*21-20(22)16-10-3-4-11-17(16)25(23,24)19-15-9-2-1-7-13(15)14-8-5-6-12-18-14;1-2-4-6-5-3-1;1-4-5-6(2)3;;;;/h2*5-7,13-14,16H,8-12H2,1-3H3,(H,20,21);2*1-12H;1-5H;1,4-5H2,2-3H3;;1H;;/q4*-1;;-1;+1;;+1;+2/p-1/t2*14-,16+;;;;;;;;/m11......../s1. The topological polar surface area (TPSA) is 320 Å². The van der Waals surface area contributed by atoms with Crippen LogP contribution in [0.3, 0.4) is 0 Å². The maximum atomic E-state index is 12.6. The van der Waals surface area contributed by atoms with Crippen LogP contribution in [0, 0.1) is 63.0 Å². The van der Waals surface area contributed by atoms with Gasteiger partial charge in [0.2, 0.25) is 0 Å². The van der Waals surface area contributed by atoms with Crippen LogP contribution < -0.4 is 20.1 Å². The Morgan fingerprint density at radius 2 is 0.938 bits per heavy atom. The third-order valence-corrected chi connectivity index (χ3v) is 19.2. The number of nitrogens with zero attached hydrogens (tertiary/aromatic N) is 8. The van der Waals surface area contributed by atoms with Crippen molar-refractivity contribution in [1.82, 2.24) is 30.5 Å². The van der Waals surface area contributed by atoms with Gasteiger partial charge in [-0.25, -0.2) is 26.4 Å². The number of aromatic nitrogens is 3. The van der Waals surface area contributed by atoms with E-state index in [-0.39, 0.29) is 62.4 Å². The second-order valence-corrected chi connectivity index (χ2v) is 31.3. The Labute approximate surface area is 698 Å². The summed E-state index contributed by atoms with van der Waals surface area (Å²) in [4.78, 5) is 57.6. The van der Waals surface area contributed by atoms with Crippen molar-refractivity contribution in [2.24, 2.45) is 23.7 Å². The van der Waals surface area contributed by atoms with Gasteiger partial charge in [0.1, 0.15) is 41.0 Å². The van der Waals surface area contributed by atoms with E-state index in [1.54, 1.807) is 97.6 Å². The van der Waals surface area contributed by atoms with E-state index < -0.39 is 62.3 Å². The Morgan fingerprint density at radius 3 is 1.25 bits per heavy atom. The fraction of sp³-hybridized carbons (Fsp3) is 0.341. The second-order valence-electron chi connectivity index (χ2n) is 28.1. The number of rotatable bonds is 24. The first kappa shape index (κ1) is 94.0. The van der Waals surface area contributed by atoms with Crippen molar-refractivity contribution in [2.75, 3.05) is 46.9 Å². The van der Waals surface area contributed by atoms with Crippen molar-refractivity contribution < 1.29 is 108 Å². The fourth-order valence-electron chi connectivity index (χ4n) is 10.7. The summed E-state index contributed by atoms with van der Waals surface area (Å²) in [7, 11) is -4.43. The first-order valence-electron chi connectivity index (χ1n) is 35.6. The van der Waals surface area contributed by atoms with E-state index in [0.29, 0.717) is 59.3 Å². The molecule has 2 N–H and O–H groups in total. The minimum absolute atomic E-state index is 0. The molecule has 0 spiro atoms. The van der Waals surface area contributed by atoms with Crippen LogP contribution in [0.25, 0.3) is 32.0 Å².